The molecule has 0 spiro atoms. The molecule has 2 saturated heterocycles. The van der Waals surface area contributed by atoms with E-state index in [1.807, 2.05) is 11.4 Å². The average Bonchev–Trinajstić information content (AvgIpc) is 3.48. The Balaban J connectivity index is 1.44. The lowest BCUT2D eigenvalue weighted by molar-refractivity contribution is -0.138. The van der Waals surface area contributed by atoms with Crippen LogP contribution in [-0.4, -0.2) is 63.8 Å². The number of nitrogens with zero attached hydrogens (tertiary/aromatic N) is 6. The monoisotopic (exact) mass is 463 g/mol. The van der Waals surface area contributed by atoms with Crippen LogP contribution < -0.4 is 10.6 Å². The summed E-state index contributed by atoms with van der Waals surface area (Å²) in [5.74, 6) is 1.02. The molecule has 1 unspecified atom stereocenters. The van der Waals surface area contributed by atoms with E-state index in [1.165, 1.54) is 11.1 Å². The lowest BCUT2D eigenvalue weighted by Crippen LogP contribution is -2.43. The normalized spacial score (nSPS) is 23.8. The number of carbonyl (C=O) groups is 1. The first-order valence-corrected chi connectivity index (χ1v) is 12.8. The zero-order chi connectivity index (χ0) is 23.8. The van der Waals surface area contributed by atoms with E-state index in [0.717, 1.165) is 80.9 Å². The second-order valence-electron chi connectivity index (χ2n) is 10.1. The number of likely N-dealkylation sites (tertiary alicyclic amines) is 1. The van der Waals surface area contributed by atoms with Crippen molar-refractivity contribution in [1.29, 1.82) is 0 Å². The van der Waals surface area contributed by atoms with Crippen molar-refractivity contribution < 1.29 is 4.79 Å². The van der Waals surface area contributed by atoms with E-state index in [-0.39, 0.29) is 23.9 Å². The minimum Gasteiger partial charge on any atom is -0.355 e. The van der Waals surface area contributed by atoms with Crippen molar-refractivity contribution in [2.75, 3.05) is 31.1 Å². The summed E-state index contributed by atoms with van der Waals surface area (Å²) in [6.45, 7) is 9.20. The summed E-state index contributed by atoms with van der Waals surface area (Å²) in [4.78, 5) is 27.6. The van der Waals surface area contributed by atoms with Crippen molar-refractivity contribution in [2.45, 2.75) is 71.4 Å². The topological polar surface area (TPSA) is 92.1 Å². The quantitative estimate of drug-likeness (QED) is 0.523. The van der Waals surface area contributed by atoms with Gasteiger partial charge in [-0.1, -0.05) is 11.1 Å². The molecule has 0 bridgehead atoms. The maximum Gasteiger partial charge on any atom is 0.232 e. The van der Waals surface area contributed by atoms with E-state index >= 15 is 0 Å². The Kier molecular flexibility index (Phi) is 6.42. The van der Waals surface area contributed by atoms with Gasteiger partial charge in [-0.25, -0.2) is 9.50 Å². The van der Waals surface area contributed by atoms with Crippen molar-refractivity contribution in [3.8, 4) is 0 Å². The van der Waals surface area contributed by atoms with Gasteiger partial charge in [-0.15, -0.1) is 0 Å². The largest absolute Gasteiger partial charge is 0.355 e. The summed E-state index contributed by atoms with van der Waals surface area (Å²) in [6, 6.07) is 2.26. The van der Waals surface area contributed by atoms with E-state index in [9.17, 15) is 4.79 Å². The van der Waals surface area contributed by atoms with Crippen LogP contribution in [0.3, 0.4) is 0 Å². The number of rotatable bonds is 6. The van der Waals surface area contributed by atoms with Gasteiger partial charge >= 0.3 is 0 Å². The molecule has 34 heavy (non-hydrogen) atoms. The Morgan fingerprint density at radius 2 is 2.12 bits per heavy atom. The highest BCUT2D eigenvalue weighted by Gasteiger charge is 2.36. The summed E-state index contributed by atoms with van der Waals surface area (Å²) in [5.41, 5.74) is 11.6. The smallest absolute Gasteiger partial charge is 0.232 e. The van der Waals surface area contributed by atoms with Crippen LogP contribution in [-0.2, 0) is 4.79 Å². The summed E-state index contributed by atoms with van der Waals surface area (Å²) >= 11 is 0. The van der Waals surface area contributed by atoms with Crippen molar-refractivity contribution in [3.63, 3.8) is 0 Å². The predicted octanol–water partition coefficient (Wildman–Crippen LogP) is 3.45. The number of allylic oxidation sites excluding steroid dienone is 1. The first-order valence-electron chi connectivity index (χ1n) is 12.8. The molecule has 8 nitrogen and oxygen atoms in total. The molecule has 2 aromatic rings. The van der Waals surface area contributed by atoms with Crippen molar-refractivity contribution >= 4 is 23.6 Å². The molecule has 3 aliphatic rings. The zero-order valence-corrected chi connectivity index (χ0v) is 20.7. The number of aliphatic imine (C=N–C) groups is 1. The number of amides is 1. The van der Waals surface area contributed by atoms with Crippen LogP contribution in [0.4, 0.5) is 5.82 Å². The fraction of sp³-hybridized carbons (Fsp3) is 0.615. The Bertz CT molecular complexity index is 1130. The number of hydrogen-bond acceptors (Lipinski definition) is 6. The van der Waals surface area contributed by atoms with Crippen LogP contribution in [0.5, 0.6) is 0 Å². The van der Waals surface area contributed by atoms with Crippen molar-refractivity contribution in [1.82, 2.24) is 19.5 Å². The number of piperidine rings is 1. The van der Waals surface area contributed by atoms with Gasteiger partial charge in [-0.3, -0.25) is 9.79 Å². The fourth-order valence-electron chi connectivity index (χ4n) is 5.50. The molecule has 3 fully saturated rings. The van der Waals surface area contributed by atoms with E-state index in [1.54, 1.807) is 6.21 Å². The first-order chi connectivity index (χ1) is 16.5. The second-order valence-corrected chi connectivity index (χ2v) is 10.1. The van der Waals surface area contributed by atoms with Gasteiger partial charge in [0.15, 0.2) is 5.65 Å². The lowest BCUT2D eigenvalue weighted by atomic mass is 9.93. The number of anilines is 1. The third kappa shape index (κ3) is 4.48. The van der Waals surface area contributed by atoms with Crippen LogP contribution in [0.25, 0.3) is 5.65 Å². The molecule has 182 valence electrons. The molecule has 4 heterocycles. The highest BCUT2D eigenvalue weighted by atomic mass is 16.2. The lowest BCUT2D eigenvalue weighted by Gasteiger charge is -2.37. The molecule has 2 N–H and O–H groups in total. The zero-order valence-electron chi connectivity index (χ0n) is 20.7. The van der Waals surface area contributed by atoms with Crippen molar-refractivity contribution in [2.24, 2.45) is 16.6 Å². The van der Waals surface area contributed by atoms with Crippen molar-refractivity contribution in [3.05, 3.63) is 34.7 Å². The van der Waals surface area contributed by atoms with Crippen LogP contribution in [0.1, 0.15) is 69.7 Å². The molecule has 1 amide bonds. The molecule has 3 atom stereocenters. The maximum atomic E-state index is 13.8. The van der Waals surface area contributed by atoms with Crippen LogP contribution in [0.2, 0.25) is 0 Å². The molecule has 0 radical (unpaired) electrons. The molecule has 1 aliphatic carbocycles. The number of fused-ring (bicyclic) bond motifs is 1. The second kappa shape index (κ2) is 9.49. The van der Waals surface area contributed by atoms with E-state index in [4.69, 9.17) is 15.8 Å². The SMILES string of the molecule is CC=NCC(C(=O)N1CCCC[C@H]1c1cc2nc(N3CC[C@H](N)C3)c(C)cn2n1)C(C)=C1CC1. The summed E-state index contributed by atoms with van der Waals surface area (Å²) in [7, 11) is 0. The van der Waals surface area contributed by atoms with Crippen LogP contribution in [0.15, 0.2) is 28.4 Å². The number of hydrogen-bond donors (Lipinski definition) is 1. The van der Waals surface area contributed by atoms with Gasteiger partial charge in [0.1, 0.15) is 5.82 Å². The highest BCUT2D eigenvalue weighted by molar-refractivity contribution is 5.83. The third-order valence-electron chi connectivity index (χ3n) is 7.62. The molecule has 0 aromatic carbocycles. The molecule has 5 rings (SSSR count). The van der Waals surface area contributed by atoms with E-state index in [2.05, 4.69) is 40.9 Å². The van der Waals surface area contributed by atoms with Gasteiger partial charge < -0.3 is 15.5 Å². The molecule has 2 aromatic heterocycles. The predicted molar refractivity (Wildman–Crippen MR) is 135 cm³/mol. The summed E-state index contributed by atoms with van der Waals surface area (Å²) in [5, 5.41) is 4.90. The molecule has 2 aliphatic heterocycles. The molecule has 1 saturated carbocycles. The fourth-order valence-corrected chi connectivity index (χ4v) is 5.50. The van der Waals surface area contributed by atoms with Crippen LogP contribution >= 0.6 is 0 Å². The van der Waals surface area contributed by atoms with Gasteiger partial charge in [0.2, 0.25) is 5.91 Å². The minimum atomic E-state index is -0.169. The number of carbonyl (C=O) groups excluding carboxylic acids is 1. The van der Waals surface area contributed by atoms with Gasteiger partial charge in [0.05, 0.1) is 24.2 Å². The minimum absolute atomic E-state index is 0.0166. The highest BCUT2D eigenvalue weighted by Crippen LogP contribution is 2.38. The molecular formula is C26H37N7O. The maximum absolute atomic E-state index is 13.8. The van der Waals surface area contributed by atoms with Gasteiger partial charge in [0.25, 0.3) is 0 Å². The van der Waals surface area contributed by atoms with E-state index in [0.29, 0.717) is 6.54 Å². The summed E-state index contributed by atoms with van der Waals surface area (Å²) in [6.07, 6.45) is 10.2. The Morgan fingerprint density at radius 3 is 2.82 bits per heavy atom. The molecular weight excluding hydrogens is 426 g/mol. The Labute approximate surface area is 201 Å². The Hall–Kier alpha value is -2.74. The van der Waals surface area contributed by atoms with Gasteiger partial charge in [0, 0.05) is 43.5 Å². The molecule has 8 heteroatoms. The first kappa shape index (κ1) is 23.0. The summed E-state index contributed by atoms with van der Waals surface area (Å²) < 4.78 is 1.87. The van der Waals surface area contributed by atoms with Crippen LogP contribution in [0, 0.1) is 12.8 Å². The Morgan fingerprint density at radius 1 is 1.29 bits per heavy atom. The number of aromatic nitrogens is 3. The number of nitrogens with two attached hydrogens (primary N) is 1. The third-order valence-corrected chi connectivity index (χ3v) is 7.62. The van der Waals surface area contributed by atoms with Gasteiger partial charge in [-0.2, -0.15) is 5.10 Å². The standard InChI is InChI=1S/C26H37N7O/c1-4-28-14-21(18(3)19-8-9-19)26(34)32-11-6-5-7-23(32)22-13-24-29-25(17(2)15-33(24)30-22)31-12-10-20(27)16-31/h4,13,15,20-21,23H,5-12,14,16,27H2,1-3H3/t20-,21?,23-/m0/s1. The number of aryl methyl sites for hydroxylation is 1. The van der Waals surface area contributed by atoms with Gasteiger partial charge in [-0.05, 0) is 65.5 Å². The van der Waals surface area contributed by atoms with E-state index < -0.39 is 0 Å². The average molecular weight is 464 g/mol.